The maximum absolute atomic E-state index is 13.0. The number of likely N-dealkylation sites (N-methyl/N-ethyl adjacent to an activating group) is 1. The van der Waals surface area contributed by atoms with Crippen LogP contribution in [-0.2, 0) is 11.0 Å². The molecular formula is C13H15F3N2O. The molecule has 1 aromatic carbocycles. The number of alkyl halides is 3. The Labute approximate surface area is 109 Å². The molecule has 1 N–H and O–H groups in total. The summed E-state index contributed by atoms with van der Waals surface area (Å²) in [6.45, 7) is 1.82. The number of carbonyl (C=O) groups is 1. The highest BCUT2D eigenvalue weighted by atomic mass is 19.4. The molecule has 104 valence electrons. The van der Waals surface area contributed by atoms with Crippen molar-refractivity contribution in [3.63, 3.8) is 0 Å². The Morgan fingerprint density at radius 1 is 1.32 bits per heavy atom. The van der Waals surface area contributed by atoms with Crippen molar-refractivity contribution in [2.75, 3.05) is 7.05 Å². The van der Waals surface area contributed by atoms with Gasteiger partial charge in [0.05, 0.1) is 11.6 Å². The van der Waals surface area contributed by atoms with Gasteiger partial charge in [0.2, 0.25) is 5.91 Å². The van der Waals surface area contributed by atoms with Gasteiger partial charge < -0.3 is 4.90 Å². The third-order valence-corrected chi connectivity index (χ3v) is 3.36. The maximum atomic E-state index is 13.0. The minimum Gasteiger partial charge on any atom is -0.325 e. The lowest BCUT2D eigenvalue weighted by molar-refractivity contribution is -0.139. The smallest absolute Gasteiger partial charge is 0.325 e. The van der Waals surface area contributed by atoms with Crippen molar-refractivity contribution in [3.8, 4) is 0 Å². The summed E-state index contributed by atoms with van der Waals surface area (Å²) in [5.74, 6) is -0.176. The molecule has 0 spiro atoms. The van der Waals surface area contributed by atoms with Crippen molar-refractivity contribution in [3.05, 3.63) is 35.4 Å². The fourth-order valence-corrected chi connectivity index (χ4v) is 2.33. The van der Waals surface area contributed by atoms with E-state index in [1.165, 1.54) is 24.1 Å². The highest BCUT2D eigenvalue weighted by molar-refractivity contribution is 5.84. The second-order valence-corrected chi connectivity index (χ2v) is 4.56. The number of carbonyl (C=O) groups excluding carboxylic acids is 1. The first-order chi connectivity index (χ1) is 8.86. The second kappa shape index (κ2) is 4.85. The van der Waals surface area contributed by atoms with Gasteiger partial charge in [0.15, 0.2) is 0 Å². The molecule has 1 aliphatic heterocycles. The normalized spacial score (nSPS) is 24.1. The van der Waals surface area contributed by atoms with Crippen LogP contribution in [0.5, 0.6) is 0 Å². The molecule has 1 aromatic rings. The summed E-state index contributed by atoms with van der Waals surface area (Å²) in [7, 11) is 1.52. The number of halogens is 3. The van der Waals surface area contributed by atoms with E-state index < -0.39 is 23.9 Å². The van der Waals surface area contributed by atoms with Gasteiger partial charge in [-0.05, 0) is 12.5 Å². The van der Waals surface area contributed by atoms with Gasteiger partial charge in [0, 0.05) is 12.6 Å². The largest absolute Gasteiger partial charge is 0.416 e. The first-order valence-corrected chi connectivity index (χ1v) is 6.05. The minimum atomic E-state index is -4.42. The number of nitrogens with zero attached hydrogens (tertiary/aromatic N) is 1. The number of nitrogens with one attached hydrogen (secondary N) is 1. The predicted octanol–water partition coefficient (Wildman–Crippen LogP) is 2.54. The van der Waals surface area contributed by atoms with Gasteiger partial charge in [-0.3, -0.25) is 10.1 Å². The third kappa shape index (κ3) is 2.45. The van der Waals surface area contributed by atoms with Crippen LogP contribution in [0.15, 0.2) is 24.3 Å². The summed E-state index contributed by atoms with van der Waals surface area (Å²) in [6, 6.07) is 4.91. The summed E-state index contributed by atoms with van der Waals surface area (Å²) in [5, 5.41) is 2.95. The Bertz CT molecular complexity index is 487. The molecule has 3 nitrogen and oxygen atoms in total. The van der Waals surface area contributed by atoms with Gasteiger partial charge in [-0.2, -0.15) is 13.2 Å². The molecule has 1 aliphatic rings. The van der Waals surface area contributed by atoms with Crippen molar-refractivity contribution in [1.82, 2.24) is 10.2 Å². The summed E-state index contributed by atoms with van der Waals surface area (Å²) in [4.78, 5) is 13.2. The molecule has 1 fully saturated rings. The van der Waals surface area contributed by atoms with Crippen LogP contribution in [0.1, 0.15) is 30.6 Å². The zero-order chi connectivity index (χ0) is 14.2. The van der Waals surface area contributed by atoms with Crippen molar-refractivity contribution >= 4 is 5.91 Å². The molecule has 2 atom stereocenters. The summed E-state index contributed by atoms with van der Waals surface area (Å²) < 4.78 is 38.9. The Morgan fingerprint density at radius 2 is 1.95 bits per heavy atom. The zero-order valence-corrected chi connectivity index (χ0v) is 10.7. The Balaban J connectivity index is 2.41. The highest BCUT2D eigenvalue weighted by Crippen LogP contribution is 2.36. The van der Waals surface area contributed by atoms with Crippen LogP contribution in [0.4, 0.5) is 13.2 Å². The van der Waals surface area contributed by atoms with E-state index in [1.807, 2.05) is 6.92 Å². The van der Waals surface area contributed by atoms with E-state index in [2.05, 4.69) is 5.32 Å². The first kappa shape index (κ1) is 13.9. The maximum Gasteiger partial charge on any atom is 0.416 e. The molecule has 2 unspecified atom stereocenters. The lowest BCUT2D eigenvalue weighted by atomic mass is 10.0. The number of hydrogen-bond donors (Lipinski definition) is 1. The molecule has 0 aromatic heterocycles. The lowest BCUT2D eigenvalue weighted by Gasteiger charge is -2.23. The topological polar surface area (TPSA) is 32.3 Å². The van der Waals surface area contributed by atoms with Gasteiger partial charge in [0.1, 0.15) is 6.17 Å². The van der Waals surface area contributed by atoms with Crippen molar-refractivity contribution in [1.29, 1.82) is 0 Å². The van der Waals surface area contributed by atoms with Crippen LogP contribution in [0.3, 0.4) is 0 Å². The summed E-state index contributed by atoms with van der Waals surface area (Å²) >= 11 is 0. The van der Waals surface area contributed by atoms with E-state index >= 15 is 0 Å². The minimum absolute atomic E-state index is 0.0850. The van der Waals surface area contributed by atoms with E-state index in [0.29, 0.717) is 6.42 Å². The lowest BCUT2D eigenvalue weighted by Crippen LogP contribution is -2.28. The van der Waals surface area contributed by atoms with Gasteiger partial charge >= 0.3 is 6.18 Å². The van der Waals surface area contributed by atoms with E-state index in [1.54, 1.807) is 6.07 Å². The number of amides is 1. The van der Waals surface area contributed by atoms with Gasteiger partial charge in [-0.15, -0.1) is 0 Å². The van der Waals surface area contributed by atoms with Gasteiger partial charge in [-0.1, -0.05) is 25.1 Å². The molecular weight excluding hydrogens is 257 g/mol. The van der Waals surface area contributed by atoms with E-state index in [-0.39, 0.29) is 11.5 Å². The molecule has 0 aliphatic carbocycles. The van der Waals surface area contributed by atoms with Gasteiger partial charge in [0.25, 0.3) is 0 Å². The predicted molar refractivity (Wildman–Crippen MR) is 64.2 cm³/mol. The van der Waals surface area contributed by atoms with E-state index in [0.717, 1.165) is 6.07 Å². The van der Waals surface area contributed by atoms with E-state index in [4.69, 9.17) is 0 Å². The highest BCUT2D eigenvalue weighted by Gasteiger charge is 2.41. The number of benzene rings is 1. The van der Waals surface area contributed by atoms with Crippen molar-refractivity contribution in [2.45, 2.75) is 31.7 Å². The number of hydrogen-bond acceptors (Lipinski definition) is 2. The monoisotopic (exact) mass is 272 g/mol. The fraction of sp³-hybridized carbons (Fsp3) is 0.462. The molecule has 0 saturated carbocycles. The van der Waals surface area contributed by atoms with Crippen molar-refractivity contribution in [2.24, 2.45) is 0 Å². The Morgan fingerprint density at radius 3 is 2.47 bits per heavy atom. The quantitative estimate of drug-likeness (QED) is 0.897. The van der Waals surface area contributed by atoms with Crippen LogP contribution in [0.25, 0.3) is 0 Å². The Hall–Kier alpha value is -1.56. The standard InChI is InChI=1S/C13H15F3N2O/c1-3-10-12(19)18(2)11(17-10)8-6-4-5-7-9(8)13(14,15)16/h4-7,10-11,17H,3H2,1-2H3. The Kier molecular flexibility index (Phi) is 3.54. The summed E-state index contributed by atoms with van der Waals surface area (Å²) in [5.41, 5.74) is -0.620. The molecule has 6 heteroatoms. The van der Waals surface area contributed by atoms with E-state index in [9.17, 15) is 18.0 Å². The first-order valence-electron chi connectivity index (χ1n) is 6.05. The molecule has 1 heterocycles. The SMILES string of the molecule is CCC1NC(c2ccccc2C(F)(F)F)N(C)C1=O. The number of rotatable bonds is 2. The summed E-state index contributed by atoms with van der Waals surface area (Å²) in [6.07, 6.45) is -4.60. The third-order valence-electron chi connectivity index (χ3n) is 3.36. The molecule has 19 heavy (non-hydrogen) atoms. The fourth-order valence-electron chi connectivity index (χ4n) is 2.33. The average molecular weight is 272 g/mol. The molecule has 0 bridgehead atoms. The molecule has 0 radical (unpaired) electrons. The van der Waals surface area contributed by atoms with Gasteiger partial charge in [-0.25, -0.2) is 0 Å². The van der Waals surface area contributed by atoms with Crippen LogP contribution in [0.2, 0.25) is 0 Å². The molecule has 1 saturated heterocycles. The van der Waals surface area contributed by atoms with Crippen LogP contribution < -0.4 is 5.32 Å². The second-order valence-electron chi connectivity index (χ2n) is 4.56. The average Bonchev–Trinajstić information content (AvgIpc) is 2.65. The van der Waals surface area contributed by atoms with Crippen LogP contribution >= 0.6 is 0 Å². The van der Waals surface area contributed by atoms with Crippen LogP contribution in [0, 0.1) is 0 Å². The molecule has 2 rings (SSSR count). The van der Waals surface area contributed by atoms with Crippen LogP contribution in [-0.4, -0.2) is 23.9 Å². The zero-order valence-electron chi connectivity index (χ0n) is 10.7. The molecule has 1 amide bonds. The van der Waals surface area contributed by atoms with Crippen molar-refractivity contribution < 1.29 is 18.0 Å².